The van der Waals surface area contributed by atoms with Crippen molar-refractivity contribution in [2.45, 2.75) is 43.8 Å². The number of Topliss-reactive ketones (excluding diaryl/α,β-unsaturated/α-hetero) is 1. The van der Waals surface area contributed by atoms with E-state index in [1.165, 1.54) is 11.8 Å². The number of hydrogen-bond donors (Lipinski definition) is 1. The van der Waals surface area contributed by atoms with Gasteiger partial charge in [-0.25, -0.2) is 0 Å². The zero-order chi connectivity index (χ0) is 20.9. The Morgan fingerprint density at radius 1 is 1.17 bits per heavy atom. The van der Waals surface area contributed by atoms with Crippen LogP contribution in [0.3, 0.4) is 0 Å². The Bertz CT molecular complexity index is 889. The number of carbonyl (C=O) groups is 2. The first-order chi connectivity index (χ1) is 14.7. The molecule has 1 aliphatic heterocycles. The van der Waals surface area contributed by atoms with Gasteiger partial charge in [0.1, 0.15) is 0 Å². The van der Waals surface area contributed by atoms with Crippen LogP contribution in [-0.4, -0.2) is 58.5 Å². The number of nitrogens with one attached hydrogen (secondary N) is 1. The minimum Gasteiger partial charge on any atom is -0.378 e. The van der Waals surface area contributed by atoms with Crippen LogP contribution >= 0.6 is 11.8 Å². The van der Waals surface area contributed by atoms with Gasteiger partial charge in [0.25, 0.3) is 0 Å². The van der Waals surface area contributed by atoms with Gasteiger partial charge in [-0.1, -0.05) is 18.7 Å². The van der Waals surface area contributed by atoms with Crippen molar-refractivity contribution >= 4 is 35.1 Å². The van der Waals surface area contributed by atoms with Crippen molar-refractivity contribution in [2.75, 3.05) is 42.3 Å². The summed E-state index contributed by atoms with van der Waals surface area (Å²) >= 11 is 1.44. The summed E-state index contributed by atoms with van der Waals surface area (Å²) in [7, 11) is 0. The van der Waals surface area contributed by atoms with Crippen molar-refractivity contribution in [3.8, 4) is 0 Å². The minimum absolute atomic E-state index is 0.0115. The molecule has 2 aromatic rings. The van der Waals surface area contributed by atoms with Gasteiger partial charge < -0.3 is 15.0 Å². The summed E-state index contributed by atoms with van der Waals surface area (Å²) in [6.07, 6.45) is 3.55. The first-order valence-corrected chi connectivity index (χ1v) is 11.5. The normalized spacial score (nSPS) is 16.5. The molecule has 160 valence electrons. The lowest BCUT2D eigenvalue weighted by Crippen LogP contribution is -2.38. The van der Waals surface area contributed by atoms with Gasteiger partial charge in [0.15, 0.2) is 10.9 Å². The van der Waals surface area contributed by atoms with E-state index in [0.717, 1.165) is 43.5 Å². The van der Waals surface area contributed by atoms with Crippen LogP contribution in [0, 0.1) is 0 Å². The van der Waals surface area contributed by atoms with Crippen LogP contribution in [0.15, 0.2) is 29.4 Å². The number of benzene rings is 1. The van der Waals surface area contributed by atoms with E-state index in [1.54, 1.807) is 24.3 Å². The molecule has 30 heavy (non-hydrogen) atoms. The topological polar surface area (TPSA) is 89.3 Å². The van der Waals surface area contributed by atoms with Crippen molar-refractivity contribution in [3.63, 3.8) is 0 Å². The summed E-state index contributed by atoms with van der Waals surface area (Å²) < 4.78 is 7.63. The lowest BCUT2D eigenvalue weighted by molar-refractivity contribution is -0.116. The van der Waals surface area contributed by atoms with E-state index < -0.39 is 0 Å². The number of amides is 1. The van der Waals surface area contributed by atoms with Gasteiger partial charge >= 0.3 is 0 Å². The molecule has 1 N–H and O–H groups in total. The standard InChI is InChI=1S/C21H27N5O3S/c1-2-3-19(28)22-16-6-4-15(5-7-16)18(27)14-30-21-24-23-20(26(21)17-8-9-17)25-10-12-29-13-11-25/h4-7,17H,2-3,8-14H2,1H3,(H,22,28). The molecule has 2 heterocycles. The Labute approximate surface area is 180 Å². The number of thioether (sulfide) groups is 1. The highest BCUT2D eigenvalue weighted by molar-refractivity contribution is 7.99. The molecule has 0 unspecified atom stereocenters. The van der Waals surface area contributed by atoms with E-state index in [9.17, 15) is 9.59 Å². The van der Waals surface area contributed by atoms with Crippen molar-refractivity contribution in [3.05, 3.63) is 29.8 Å². The summed E-state index contributed by atoms with van der Waals surface area (Å²) in [5.74, 6) is 1.21. The third kappa shape index (κ3) is 5.02. The molecule has 1 saturated heterocycles. The molecule has 2 aliphatic rings. The largest absolute Gasteiger partial charge is 0.378 e. The highest BCUT2D eigenvalue weighted by Gasteiger charge is 2.32. The molecular formula is C21H27N5O3S. The minimum atomic E-state index is -0.0115. The number of ether oxygens (including phenoxy) is 1. The van der Waals surface area contributed by atoms with Gasteiger partial charge in [-0.3, -0.25) is 14.2 Å². The third-order valence-corrected chi connectivity index (χ3v) is 6.10. The second-order valence-electron chi connectivity index (χ2n) is 7.57. The zero-order valence-electron chi connectivity index (χ0n) is 17.2. The van der Waals surface area contributed by atoms with Crippen LogP contribution < -0.4 is 10.2 Å². The van der Waals surface area contributed by atoms with E-state index in [0.29, 0.717) is 42.7 Å². The van der Waals surface area contributed by atoms with E-state index in [2.05, 4.69) is 25.0 Å². The fourth-order valence-corrected chi connectivity index (χ4v) is 4.30. The fourth-order valence-electron chi connectivity index (χ4n) is 3.40. The Kier molecular flexibility index (Phi) is 6.69. The smallest absolute Gasteiger partial charge is 0.228 e. The molecule has 0 atom stereocenters. The molecule has 1 saturated carbocycles. The van der Waals surface area contributed by atoms with Crippen LogP contribution in [-0.2, 0) is 9.53 Å². The molecule has 1 aromatic carbocycles. The van der Waals surface area contributed by atoms with Crippen molar-refractivity contribution in [1.82, 2.24) is 14.8 Å². The first-order valence-electron chi connectivity index (χ1n) is 10.5. The molecule has 4 rings (SSSR count). The van der Waals surface area contributed by atoms with Crippen LogP contribution in [0.1, 0.15) is 49.0 Å². The predicted octanol–water partition coefficient (Wildman–Crippen LogP) is 3.16. The maximum atomic E-state index is 12.7. The number of carbonyl (C=O) groups excluding carboxylic acids is 2. The number of rotatable bonds is 9. The molecule has 0 bridgehead atoms. The van der Waals surface area contributed by atoms with Crippen molar-refractivity contribution in [1.29, 1.82) is 0 Å². The molecule has 9 heteroatoms. The van der Waals surface area contributed by atoms with Crippen LogP contribution in [0.2, 0.25) is 0 Å². The summed E-state index contributed by atoms with van der Waals surface area (Å²) in [4.78, 5) is 26.6. The molecule has 2 fully saturated rings. The van der Waals surface area contributed by atoms with Gasteiger partial charge in [-0.2, -0.15) is 0 Å². The summed E-state index contributed by atoms with van der Waals surface area (Å²) in [5, 5.41) is 12.4. The van der Waals surface area contributed by atoms with Crippen LogP contribution in [0.5, 0.6) is 0 Å². The highest BCUT2D eigenvalue weighted by Crippen LogP contribution is 2.41. The Hall–Kier alpha value is -2.39. The number of anilines is 2. The van der Waals surface area contributed by atoms with E-state index in [-0.39, 0.29) is 11.7 Å². The van der Waals surface area contributed by atoms with Gasteiger partial charge in [0.05, 0.1) is 19.0 Å². The number of ketones is 1. The summed E-state index contributed by atoms with van der Waals surface area (Å²) in [6, 6.07) is 7.50. The molecule has 8 nitrogen and oxygen atoms in total. The molecule has 1 aromatic heterocycles. The van der Waals surface area contributed by atoms with Gasteiger partial charge in [0.2, 0.25) is 11.9 Å². The number of morpholine rings is 1. The van der Waals surface area contributed by atoms with E-state index >= 15 is 0 Å². The Morgan fingerprint density at radius 3 is 2.57 bits per heavy atom. The average Bonchev–Trinajstić information content (AvgIpc) is 3.52. The zero-order valence-corrected chi connectivity index (χ0v) is 18.0. The maximum absolute atomic E-state index is 12.7. The molecule has 0 spiro atoms. The molecular weight excluding hydrogens is 402 g/mol. The lowest BCUT2D eigenvalue weighted by atomic mass is 10.1. The van der Waals surface area contributed by atoms with Crippen molar-refractivity contribution in [2.24, 2.45) is 0 Å². The van der Waals surface area contributed by atoms with Crippen molar-refractivity contribution < 1.29 is 14.3 Å². The van der Waals surface area contributed by atoms with Gasteiger partial charge in [-0.15, -0.1) is 10.2 Å². The first kappa shape index (κ1) is 20.9. The Morgan fingerprint density at radius 2 is 1.90 bits per heavy atom. The Balaban J connectivity index is 1.38. The quantitative estimate of drug-likeness (QED) is 0.484. The fraction of sp³-hybridized carbons (Fsp3) is 0.524. The summed E-state index contributed by atoms with van der Waals surface area (Å²) in [6.45, 7) is 5.00. The van der Waals surface area contributed by atoms with Gasteiger partial charge in [0, 0.05) is 36.8 Å². The maximum Gasteiger partial charge on any atom is 0.228 e. The van der Waals surface area contributed by atoms with Crippen LogP contribution in [0.4, 0.5) is 11.6 Å². The lowest BCUT2D eigenvalue weighted by Gasteiger charge is -2.27. The van der Waals surface area contributed by atoms with E-state index in [1.807, 2.05) is 6.92 Å². The average molecular weight is 430 g/mol. The van der Waals surface area contributed by atoms with Gasteiger partial charge in [-0.05, 0) is 43.5 Å². The summed E-state index contributed by atoms with van der Waals surface area (Å²) in [5.41, 5.74) is 1.34. The van der Waals surface area contributed by atoms with Crippen LogP contribution in [0.25, 0.3) is 0 Å². The number of nitrogens with zero attached hydrogens (tertiary/aromatic N) is 4. The SMILES string of the molecule is CCCC(=O)Nc1ccc(C(=O)CSc2nnc(N3CCOCC3)n2C2CC2)cc1. The predicted molar refractivity (Wildman–Crippen MR) is 116 cm³/mol. The highest BCUT2D eigenvalue weighted by atomic mass is 32.2. The molecule has 1 amide bonds. The van der Waals surface area contributed by atoms with E-state index in [4.69, 9.17) is 4.74 Å². The number of hydrogen-bond acceptors (Lipinski definition) is 7. The second kappa shape index (κ2) is 9.61. The number of aromatic nitrogens is 3. The monoisotopic (exact) mass is 429 g/mol. The molecule has 0 radical (unpaired) electrons. The second-order valence-corrected chi connectivity index (χ2v) is 8.51. The molecule has 1 aliphatic carbocycles. The third-order valence-electron chi connectivity index (χ3n) is 5.15.